The SMILES string of the molecule is Cc1nnnn1-c1ccccc1C(=O)NCCc1c[nH]c2ccc(F)cc12. The molecular formula is C19H17FN6O. The molecule has 7 nitrogen and oxygen atoms in total. The van der Waals surface area contributed by atoms with Gasteiger partial charge >= 0.3 is 0 Å². The largest absolute Gasteiger partial charge is 0.361 e. The number of tetrazole rings is 1. The van der Waals surface area contributed by atoms with Gasteiger partial charge in [0.05, 0.1) is 11.3 Å². The molecule has 2 N–H and O–H groups in total. The summed E-state index contributed by atoms with van der Waals surface area (Å²) in [5.74, 6) is 0.0979. The van der Waals surface area contributed by atoms with Gasteiger partial charge < -0.3 is 10.3 Å². The standard InChI is InChI=1S/C19H17FN6O/c1-12-23-24-25-26(12)18-5-3-2-4-15(18)19(27)21-9-8-13-11-22-17-7-6-14(20)10-16(13)17/h2-7,10-11,22H,8-9H2,1H3,(H,21,27). The highest BCUT2D eigenvalue weighted by molar-refractivity contribution is 5.97. The second-order valence-corrected chi connectivity index (χ2v) is 6.16. The Kier molecular flexibility index (Phi) is 4.37. The molecule has 0 saturated carbocycles. The minimum Gasteiger partial charge on any atom is -0.361 e. The average molecular weight is 364 g/mol. The van der Waals surface area contributed by atoms with Crippen molar-refractivity contribution in [2.45, 2.75) is 13.3 Å². The van der Waals surface area contributed by atoms with E-state index in [1.807, 2.05) is 12.3 Å². The van der Waals surface area contributed by atoms with Gasteiger partial charge in [0, 0.05) is 23.6 Å². The third-order valence-corrected chi connectivity index (χ3v) is 4.41. The van der Waals surface area contributed by atoms with Crippen LogP contribution in [0.25, 0.3) is 16.6 Å². The predicted octanol–water partition coefficient (Wildman–Crippen LogP) is 2.56. The number of nitrogens with zero attached hydrogens (tertiary/aromatic N) is 4. The van der Waals surface area contributed by atoms with Crippen LogP contribution in [0, 0.1) is 12.7 Å². The van der Waals surface area contributed by atoms with Crippen molar-refractivity contribution in [2.24, 2.45) is 0 Å². The van der Waals surface area contributed by atoms with Gasteiger partial charge in [0.25, 0.3) is 5.91 Å². The average Bonchev–Trinajstić information content (AvgIpc) is 3.27. The maximum Gasteiger partial charge on any atom is 0.253 e. The molecule has 0 unspecified atom stereocenters. The molecule has 27 heavy (non-hydrogen) atoms. The quantitative estimate of drug-likeness (QED) is 0.570. The van der Waals surface area contributed by atoms with Gasteiger partial charge in [-0.05, 0) is 59.7 Å². The van der Waals surface area contributed by atoms with Crippen molar-refractivity contribution >= 4 is 16.8 Å². The van der Waals surface area contributed by atoms with Crippen LogP contribution in [0.5, 0.6) is 0 Å². The zero-order valence-corrected chi connectivity index (χ0v) is 14.6. The lowest BCUT2D eigenvalue weighted by molar-refractivity contribution is 0.0954. The zero-order chi connectivity index (χ0) is 18.8. The Morgan fingerprint density at radius 1 is 1.26 bits per heavy atom. The highest BCUT2D eigenvalue weighted by Gasteiger charge is 2.15. The van der Waals surface area contributed by atoms with Crippen molar-refractivity contribution in [1.82, 2.24) is 30.5 Å². The van der Waals surface area contributed by atoms with Gasteiger partial charge in [-0.3, -0.25) is 4.79 Å². The molecule has 2 heterocycles. The van der Waals surface area contributed by atoms with E-state index in [1.165, 1.54) is 16.8 Å². The number of hydrogen-bond acceptors (Lipinski definition) is 4. The van der Waals surface area contributed by atoms with E-state index >= 15 is 0 Å². The first-order valence-corrected chi connectivity index (χ1v) is 8.51. The molecule has 4 rings (SSSR count). The Balaban J connectivity index is 1.49. The predicted molar refractivity (Wildman–Crippen MR) is 98.2 cm³/mol. The maximum atomic E-state index is 13.5. The van der Waals surface area contributed by atoms with Gasteiger partial charge in [-0.2, -0.15) is 4.68 Å². The number of H-pyrrole nitrogens is 1. The van der Waals surface area contributed by atoms with Gasteiger partial charge in [0.15, 0.2) is 5.82 Å². The molecule has 0 aliphatic carbocycles. The van der Waals surface area contributed by atoms with E-state index in [-0.39, 0.29) is 11.7 Å². The van der Waals surface area contributed by atoms with Gasteiger partial charge in [0.2, 0.25) is 0 Å². The van der Waals surface area contributed by atoms with Crippen LogP contribution >= 0.6 is 0 Å². The van der Waals surface area contributed by atoms with Crippen LogP contribution in [0.3, 0.4) is 0 Å². The molecule has 0 fully saturated rings. The first-order valence-electron chi connectivity index (χ1n) is 8.51. The lowest BCUT2D eigenvalue weighted by Gasteiger charge is -2.10. The summed E-state index contributed by atoms with van der Waals surface area (Å²) < 4.78 is 15.0. The molecule has 2 aromatic carbocycles. The number of carbonyl (C=O) groups is 1. The monoisotopic (exact) mass is 364 g/mol. The number of hydrogen-bond donors (Lipinski definition) is 2. The Labute approximate surface area is 154 Å². The van der Waals surface area contributed by atoms with E-state index in [2.05, 4.69) is 25.8 Å². The normalized spacial score (nSPS) is 11.0. The number of benzene rings is 2. The van der Waals surface area contributed by atoms with E-state index in [4.69, 9.17) is 0 Å². The van der Waals surface area contributed by atoms with Crippen LogP contribution in [0.15, 0.2) is 48.7 Å². The molecule has 0 saturated heterocycles. The number of rotatable bonds is 5. The summed E-state index contributed by atoms with van der Waals surface area (Å²) in [4.78, 5) is 15.8. The number of amides is 1. The highest BCUT2D eigenvalue weighted by Crippen LogP contribution is 2.20. The number of halogens is 1. The van der Waals surface area contributed by atoms with Gasteiger partial charge in [-0.25, -0.2) is 4.39 Å². The summed E-state index contributed by atoms with van der Waals surface area (Å²) in [6.45, 7) is 2.19. The fourth-order valence-electron chi connectivity index (χ4n) is 3.07. The van der Waals surface area contributed by atoms with Crippen molar-refractivity contribution in [3.63, 3.8) is 0 Å². The van der Waals surface area contributed by atoms with Crippen molar-refractivity contribution in [3.05, 3.63) is 71.4 Å². The molecule has 0 spiro atoms. The smallest absolute Gasteiger partial charge is 0.253 e. The summed E-state index contributed by atoms with van der Waals surface area (Å²) in [5, 5.41) is 15.2. The lowest BCUT2D eigenvalue weighted by Crippen LogP contribution is -2.27. The first-order chi connectivity index (χ1) is 13.1. The number of fused-ring (bicyclic) bond motifs is 1. The summed E-state index contributed by atoms with van der Waals surface area (Å²) in [7, 11) is 0. The molecule has 2 aromatic heterocycles. The van der Waals surface area contributed by atoms with Crippen LogP contribution in [-0.4, -0.2) is 37.6 Å². The lowest BCUT2D eigenvalue weighted by atomic mass is 10.1. The minimum atomic E-state index is -0.280. The molecule has 0 atom stereocenters. The maximum absolute atomic E-state index is 13.5. The molecule has 1 amide bonds. The van der Waals surface area contributed by atoms with Gasteiger partial charge in [0.1, 0.15) is 5.82 Å². The van der Waals surface area contributed by atoms with Gasteiger partial charge in [-0.15, -0.1) is 5.10 Å². The Morgan fingerprint density at radius 2 is 2.11 bits per heavy atom. The second-order valence-electron chi connectivity index (χ2n) is 6.16. The number of carbonyl (C=O) groups excluding carboxylic acids is 1. The Hall–Kier alpha value is -3.55. The molecule has 0 aliphatic heterocycles. The van der Waals surface area contributed by atoms with E-state index in [0.717, 1.165) is 16.5 Å². The van der Waals surface area contributed by atoms with E-state index in [9.17, 15) is 9.18 Å². The molecule has 4 aromatic rings. The number of aryl methyl sites for hydroxylation is 1. The second kappa shape index (κ2) is 6.99. The summed E-state index contributed by atoms with van der Waals surface area (Å²) in [6, 6.07) is 11.8. The van der Waals surface area contributed by atoms with Crippen molar-refractivity contribution in [3.8, 4) is 5.69 Å². The van der Waals surface area contributed by atoms with E-state index in [0.29, 0.717) is 30.0 Å². The topological polar surface area (TPSA) is 88.5 Å². The first kappa shape index (κ1) is 16.9. The minimum absolute atomic E-state index is 0.216. The highest BCUT2D eigenvalue weighted by atomic mass is 19.1. The number of para-hydroxylation sites is 1. The Morgan fingerprint density at radius 3 is 2.93 bits per heavy atom. The van der Waals surface area contributed by atoms with Crippen LogP contribution in [-0.2, 0) is 6.42 Å². The molecule has 136 valence electrons. The summed E-state index contributed by atoms with van der Waals surface area (Å²) >= 11 is 0. The number of nitrogens with one attached hydrogen (secondary N) is 2. The molecule has 0 bridgehead atoms. The van der Waals surface area contributed by atoms with Crippen molar-refractivity contribution < 1.29 is 9.18 Å². The molecule has 0 radical (unpaired) electrons. The summed E-state index contributed by atoms with van der Waals surface area (Å²) in [5.41, 5.74) is 2.93. The fraction of sp³-hybridized carbons (Fsp3) is 0.158. The number of aromatic amines is 1. The van der Waals surface area contributed by atoms with Crippen LogP contribution in [0.1, 0.15) is 21.7 Å². The molecular weight excluding hydrogens is 347 g/mol. The molecule has 0 aliphatic rings. The van der Waals surface area contributed by atoms with Gasteiger partial charge in [-0.1, -0.05) is 12.1 Å². The van der Waals surface area contributed by atoms with Crippen LogP contribution in [0.2, 0.25) is 0 Å². The van der Waals surface area contributed by atoms with E-state index in [1.54, 1.807) is 31.2 Å². The zero-order valence-electron chi connectivity index (χ0n) is 14.6. The fourth-order valence-corrected chi connectivity index (χ4v) is 3.07. The third-order valence-electron chi connectivity index (χ3n) is 4.41. The molecule has 8 heteroatoms. The van der Waals surface area contributed by atoms with Crippen LogP contribution < -0.4 is 5.32 Å². The third kappa shape index (κ3) is 3.29. The van der Waals surface area contributed by atoms with E-state index < -0.39 is 0 Å². The van der Waals surface area contributed by atoms with Crippen LogP contribution in [0.4, 0.5) is 4.39 Å². The van der Waals surface area contributed by atoms with Crippen molar-refractivity contribution in [1.29, 1.82) is 0 Å². The summed E-state index contributed by atoms with van der Waals surface area (Å²) in [6.07, 6.45) is 2.43. The number of aromatic nitrogens is 5. The Bertz CT molecular complexity index is 1120. The van der Waals surface area contributed by atoms with Crippen molar-refractivity contribution in [2.75, 3.05) is 6.54 Å².